The fourth-order valence-electron chi connectivity index (χ4n) is 1.88. The molecule has 0 atom stereocenters. The topological polar surface area (TPSA) is 41.1 Å². The van der Waals surface area contributed by atoms with Crippen molar-refractivity contribution in [1.82, 2.24) is 15.1 Å². The molecule has 1 heterocycles. The van der Waals surface area contributed by atoms with Crippen LogP contribution in [0.15, 0.2) is 36.5 Å². The molecule has 0 saturated heterocycles. The molecule has 1 aromatic carbocycles. The Kier molecular flexibility index (Phi) is 4.98. The van der Waals surface area contributed by atoms with Crippen LogP contribution in [0.3, 0.4) is 0 Å². The van der Waals surface area contributed by atoms with Crippen LogP contribution in [-0.2, 0) is 6.42 Å². The zero-order valence-electron chi connectivity index (χ0n) is 11.6. The smallest absolute Gasteiger partial charge is 0.119 e. The van der Waals surface area contributed by atoms with Gasteiger partial charge in [0.2, 0.25) is 0 Å². The van der Waals surface area contributed by atoms with Crippen LogP contribution in [0.2, 0.25) is 0 Å². The lowest BCUT2D eigenvalue weighted by molar-refractivity contribution is 0.281. The van der Waals surface area contributed by atoms with E-state index >= 15 is 0 Å². The van der Waals surface area contributed by atoms with Crippen molar-refractivity contribution >= 4 is 0 Å². The highest BCUT2D eigenvalue weighted by molar-refractivity contribution is 5.29. The molecule has 19 heavy (non-hydrogen) atoms. The molecule has 0 bridgehead atoms. The van der Waals surface area contributed by atoms with Crippen molar-refractivity contribution in [3.8, 4) is 5.75 Å². The van der Waals surface area contributed by atoms with Gasteiger partial charge < -0.3 is 9.64 Å². The molecule has 1 aromatic heterocycles. The molecular formula is C15H21N3O. The fraction of sp³-hybridized carbons (Fsp3) is 0.400. The maximum atomic E-state index is 5.70. The molecule has 4 nitrogen and oxygen atoms in total. The summed E-state index contributed by atoms with van der Waals surface area (Å²) in [5.74, 6) is 0.937. The Balaban J connectivity index is 1.78. The molecular weight excluding hydrogens is 238 g/mol. The van der Waals surface area contributed by atoms with Gasteiger partial charge in [-0.3, -0.25) is 5.10 Å². The number of H-pyrrole nitrogens is 1. The summed E-state index contributed by atoms with van der Waals surface area (Å²) in [5.41, 5.74) is 2.38. The van der Waals surface area contributed by atoms with Gasteiger partial charge in [0, 0.05) is 24.9 Å². The SMILES string of the molecule is CN(C)CCCOc1ccc(Cc2ccn[nH]2)cc1. The van der Waals surface area contributed by atoms with Gasteiger partial charge >= 0.3 is 0 Å². The molecule has 0 aliphatic heterocycles. The van der Waals surface area contributed by atoms with E-state index in [2.05, 4.69) is 41.3 Å². The lowest BCUT2D eigenvalue weighted by atomic mass is 10.1. The average molecular weight is 259 g/mol. The van der Waals surface area contributed by atoms with Crippen LogP contribution in [0.4, 0.5) is 0 Å². The molecule has 2 aromatic rings. The second kappa shape index (κ2) is 6.95. The number of hydrogen-bond acceptors (Lipinski definition) is 3. The zero-order valence-corrected chi connectivity index (χ0v) is 11.6. The number of nitrogens with zero attached hydrogens (tertiary/aromatic N) is 2. The molecule has 0 saturated carbocycles. The quantitative estimate of drug-likeness (QED) is 0.776. The Hall–Kier alpha value is -1.81. The number of hydrogen-bond donors (Lipinski definition) is 1. The summed E-state index contributed by atoms with van der Waals surface area (Å²) in [5, 5.41) is 6.91. The van der Waals surface area contributed by atoms with Gasteiger partial charge in [0.25, 0.3) is 0 Å². The minimum Gasteiger partial charge on any atom is -0.494 e. The molecule has 0 fully saturated rings. The van der Waals surface area contributed by atoms with Crippen LogP contribution >= 0.6 is 0 Å². The molecule has 0 aliphatic rings. The number of benzene rings is 1. The van der Waals surface area contributed by atoms with Crippen LogP contribution in [0, 0.1) is 0 Å². The summed E-state index contributed by atoms with van der Waals surface area (Å²) < 4.78 is 5.70. The largest absolute Gasteiger partial charge is 0.494 e. The molecule has 0 unspecified atom stereocenters. The second-order valence-electron chi connectivity index (χ2n) is 4.91. The highest BCUT2D eigenvalue weighted by Gasteiger charge is 1.99. The van der Waals surface area contributed by atoms with Gasteiger partial charge in [0.05, 0.1) is 6.61 Å². The van der Waals surface area contributed by atoms with E-state index in [0.717, 1.165) is 37.4 Å². The monoisotopic (exact) mass is 259 g/mol. The number of aromatic nitrogens is 2. The van der Waals surface area contributed by atoms with Gasteiger partial charge in [0.1, 0.15) is 5.75 Å². The molecule has 2 rings (SSSR count). The first kappa shape index (κ1) is 13.6. The van der Waals surface area contributed by atoms with E-state index in [1.807, 2.05) is 18.2 Å². The molecule has 1 N–H and O–H groups in total. The number of aromatic amines is 1. The molecule has 0 aliphatic carbocycles. The maximum Gasteiger partial charge on any atom is 0.119 e. The first-order chi connectivity index (χ1) is 9.24. The van der Waals surface area contributed by atoms with Crippen molar-refractivity contribution in [2.24, 2.45) is 0 Å². The lowest BCUT2D eigenvalue weighted by Gasteiger charge is -2.10. The Labute approximate surface area is 114 Å². The van der Waals surface area contributed by atoms with Crippen LogP contribution in [0.5, 0.6) is 5.75 Å². The van der Waals surface area contributed by atoms with E-state index in [4.69, 9.17) is 4.74 Å². The van der Waals surface area contributed by atoms with Gasteiger partial charge in [-0.15, -0.1) is 0 Å². The number of nitrogens with one attached hydrogen (secondary N) is 1. The van der Waals surface area contributed by atoms with Crippen molar-refractivity contribution in [2.45, 2.75) is 12.8 Å². The summed E-state index contributed by atoms with van der Waals surface area (Å²) in [7, 11) is 4.15. The van der Waals surface area contributed by atoms with Gasteiger partial charge in [-0.25, -0.2) is 0 Å². The summed E-state index contributed by atoms with van der Waals surface area (Å²) in [4.78, 5) is 2.16. The molecule has 0 radical (unpaired) electrons. The third-order valence-electron chi connectivity index (χ3n) is 2.89. The Morgan fingerprint density at radius 2 is 1.95 bits per heavy atom. The first-order valence-corrected chi connectivity index (χ1v) is 6.59. The maximum absolute atomic E-state index is 5.70. The van der Waals surface area contributed by atoms with Crippen LogP contribution in [-0.4, -0.2) is 42.3 Å². The van der Waals surface area contributed by atoms with Crippen LogP contribution in [0.1, 0.15) is 17.7 Å². The summed E-state index contributed by atoms with van der Waals surface area (Å²) >= 11 is 0. The third-order valence-corrected chi connectivity index (χ3v) is 2.89. The van der Waals surface area contributed by atoms with E-state index in [1.54, 1.807) is 6.20 Å². The third kappa shape index (κ3) is 4.75. The van der Waals surface area contributed by atoms with Crippen molar-refractivity contribution in [1.29, 1.82) is 0 Å². The summed E-state index contributed by atoms with van der Waals surface area (Å²) in [6.45, 7) is 1.82. The number of rotatable bonds is 7. The molecule has 0 amide bonds. The number of ether oxygens (including phenoxy) is 1. The lowest BCUT2D eigenvalue weighted by Crippen LogP contribution is -2.15. The Bertz CT molecular complexity index is 463. The standard InChI is InChI=1S/C15H21N3O/c1-18(2)10-3-11-19-15-6-4-13(5-7-15)12-14-8-9-16-17-14/h4-9H,3,10-12H2,1-2H3,(H,16,17). The fourth-order valence-corrected chi connectivity index (χ4v) is 1.88. The van der Waals surface area contributed by atoms with Crippen molar-refractivity contribution in [3.63, 3.8) is 0 Å². The van der Waals surface area contributed by atoms with E-state index in [1.165, 1.54) is 5.56 Å². The first-order valence-electron chi connectivity index (χ1n) is 6.59. The Morgan fingerprint density at radius 1 is 1.16 bits per heavy atom. The minimum absolute atomic E-state index is 0.762. The molecule has 102 valence electrons. The minimum atomic E-state index is 0.762. The van der Waals surface area contributed by atoms with E-state index in [0.29, 0.717) is 0 Å². The van der Waals surface area contributed by atoms with E-state index in [9.17, 15) is 0 Å². The average Bonchev–Trinajstić information content (AvgIpc) is 2.89. The van der Waals surface area contributed by atoms with E-state index in [-0.39, 0.29) is 0 Å². The summed E-state index contributed by atoms with van der Waals surface area (Å²) in [6, 6.07) is 10.2. The van der Waals surface area contributed by atoms with Gasteiger partial charge in [-0.2, -0.15) is 5.10 Å². The van der Waals surface area contributed by atoms with Gasteiger partial charge in [-0.1, -0.05) is 12.1 Å². The molecule has 4 heteroatoms. The normalized spacial score (nSPS) is 10.9. The molecule has 0 spiro atoms. The van der Waals surface area contributed by atoms with E-state index < -0.39 is 0 Å². The van der Waals surface area contributed by atoms with Crippen LogP contribution < -0.4 is 4.74 Å². The second-order valence-corrected chi connectivity index (χ2v) is 4.91. The Morgan fingerprint density at radius 3 is 2.58 bits per heavy atom. The van der Waals surface area contributed by atoms with Crippen LogP contribution in [0.25, 0.3) is 0 Å². The van der Waals surface area contributed by atoms with Gasteiger partial charge in [0.15, 0.2) is 0 Å². The van der Waals surface area contributed by atoms with Gasteiger partial charge in [-0.05, 0) is 44.3 Å². The predicted octanol–water partition coefficient (Wildman–Crippen LogP) is 2.33. The zero-order chi connectivity index (χ0) is 13.5. The van der Waals surface area contributed by atoms with Crippen molar-refractivity contribution in [2.75, 3.05) is 27.2 Å². The predicted molar refractivity (Wildman–Crippen MR) is 76.5 cm³/mol. The highest BCUT2D eigenvalue weighted by Crippen LogP contribution is 2.14. The summed E-state index contributed by atoms with van der Waals surface area (Å²) in [6.07, 6.45) is 3.70. The van der Waals surface area contributed by atoms with Crippen molar-refractivity contribution in [3.05, 3.63) is 47.8 Å². The van der Waals surface area contributed by atoms with Crippen molar-refractivity contribution < 1.29 is 4.74 Å². The highest BCUT2D eigenvalue weighted by atomic mass is 16.5.